The molecule has 0 aliphatic carbocycles. The van der Waals surface area contributed by atoms with Gasteiger partial charge in [0.25, 0.3) is 5.92 Å². The van der Waals surface area contributed by atoms with E-state index in [1.54, 1.807) is 6.92 Å². The van der Waals surface area contributed by atoms with Crippen molar-refractivity contribution in [2.45, 2.75) is 59.3 Å². The fraction of sp³-hybridized carbons (Fsp3) is 1.00. The molecular weight excluding hydrogens is 170 g/mol. The molecule has 0 aromatic rings. The molecule has 0 bridgehead atoms. The molecule has 80 valence electrons. The van der Waals surface area contributed by atoms with Crippen LogP contribution in [0.5, 0.6) is 0 Å². The van der Waals surface area contributed by atoms with Crippen LogP contribution in [0.15, 0.2) is 0 Å². The maximum Gasteiger partial charge on any atom is 0.250 e. The van der Waals surface area contributed by atoms with E-state index in [0.29, 0.717) is 6.42 Å². The molecule has 2 unspecified atom stereocenters. The van der Waals surface area contributed by atoms with Crippen LogP contribution in [0.2, 0.25) is 0 Å². The second-order valence-corrected chi connectivity index (χ2v) is 4.17. The topological polar surface area (TPSA) is 0 Å². The lowest BCUT2D eigenvalue weighted by Gasteiger charge is -2.25. The highest BCUT2D eigenvalue weighted by Crippen LogP contribution is 2.34. The molecule has 0 aliphatic rings. The zero-order valence-electron chi connectivity index (χ0n) is 9.24. The monoisotopic (exact) mass is 192 g/mol. The number of hydrogen-bond acceptors (Lipinski definition) is 0. The molecular formula is C11H22F2. The molecule has 0 amide bonds. The second kappa shape index (κ2) is 5.56. The Balaban J connectivity index is 4.04. The Hall–Kier alpha value is -0.140. The Morgan fingerprint density at radius 2 is 1.69 bits per heavy atom. The summed E-state index contributed by atoms with van der Waals surface area (Å²) in [4.78, 5) is 0. The molecule has 0 saturated heterocycles. The summed E-state index contributed by atoms with van der Waals surface area (Å²) in [6.45, 7) is 7.47. The SMILES string of the molecule is CCCC(C)C(F)(F)CC(C)CC. The third-order valence-corrected chi connectivity index (χ3v) is 2.76. The average Bonchev–Trinajstić information content (AvgIpc) is 2.04. The van der Waals surface area contributed by atoms with Crippen LogP contribution in [-0.2, 0) is 0 Å². The van der Waals surface area contributed by atoms with E-state index in [-0.39, 0.29) is 12.3 Å². The fourth-order valence-corrected chi connectivity index (χ4v) is 1.45. The van der Waals surface area contributed by atoms with Gasteiger partial charge >= 0.3 is 0 Å². The van der Waals surface area contributed by atoms with Gasteiger partial charge in [-0.05, 0) is 12.3 Å². The van der Waals surface area contributed by atoms with Gasteiger partial charge in [-0.3, -0.25) is 0 Å². The van der Waals surface area contributed by atoms with Gasteiger partial charge in [0.1, 0.15) is 0 Å². The van der Waals surface area contributed by atoms with E-state index in [4.69, 9.17) is 0 Å². The number of alkyl halides is 2. The maximum absolute atomic E-state index is 13.4. The predicted molar refractivity (Wildman–Crippen MR) is 53.1 cm³/mol. The molecule has 0 fully saturated rings. The van der Waals surface area contributed by atoms with Gasteiger partial charge in [-0.25, -0.2) is 8.78 Å². The van der Waals surface area contributed by atoms with Gasteiger partial charge in [0.2, 0.25) is 0 Å². The number of halogens is 2. The lowest BCUT2D eigenvalue weighted by atomic mass is 9.90. The Morgan fingerprint density at radius 3 is 2.08 bits per heavy atom. The average molecular weight is 192 g/mol. The van der Waals surface area contributed by atoms with Crippen molar-refractivity contribution in [1.29, 1.82) is 0 Å². The first-order valence-corrected chi connectivity index (χ1v) is 5.31. The van der Waals surface area contributed by atoms with Gasteiger partial charge in [0.05, 0.1) is 0 Å². The molecule has 0 nitrogen and oxygen atoms in total. The third kappa shape index (κ3) is 4.58. The van der Waals surface area contributed by atoms with E-state index in [1.165, 1.54) is 0 Å². The maximum atomic E-state index is 13.4. The molecule has 0 aliphatic heterocycles. The first-order chi connectivity index (χ1) is 5.94. The molecule has 0 aromatic heterocycles. The van der Waals surface area contributed by atoms with Crippen LogP contribution in [0.4, 0.5) is 8.78 Å². The van der Waals surface area contributed by atoms with Crippen molar-refractivity contribution in [3.05, 3.63) is 0 Å². The quantitative estimate of drug-likeness (QED) is 0.581. The largest absolute Gasteiger partial charge is 0.250 e. The van der Waals surface area contributed by atoms with Crippen LogP contribution in [0.3, 0.4) is 0 Å². The summed E-state index contributed by atoms with van der Waals surface area (Å²) in [6, 6.07) is 0. The fourth-order valence-electron chi connectivity index (χ4n) is 1.45. The van der Waals surface area contributed by atoms with Crippen LogP contribution in [0.25, 0.3) is 0 Å². The van der Waals surface area contributed by atoms with E-state index in [2.05, 4.69) is 0 Å². The van der Waals surface area contributed by atoms with E-state index in [9.17, 15) is 8.78 Å². The van der Waals surface area contributed by atoms with E-state index in [0.717, 1.165) is 12.8 Å². The standard InChI is InChI=1S/C11H22F2/c1-5-7-10(4)11(12,13)8-9(3)6-2/h9-10H,5-8H2,1-4H3. The molecule has 0 radical (unpaired) electrons. The summed E-state index contributed by atoms with van der Waals surface area (Å²) in [5.74, 6) is -2.80. The second-order valence-electron chi connectivity index (χ2n) is 4.17. The van der Waals surface area contributed by atoms with Gasteiger partial charge in [0.15, 0.2) is 0 Å². The van der Waals surface area contributed by atoms with Gasteiger partial charge in [-0.2, -0.15) is 0 Å². The van der Waals surface area contributed by atoms with E-state index < -0.39 is 11.8 Å². The van der Waals surface area contributed by atoms with Crippen LogP contribution in [0.1, 0.15) is 53.4 Å². The van der Waals surface area contributed by atoms with Crippen molar-refractivity contribution in [2.75, 3.05) is 0 Å². The lowest BCUT2D eigenvalue weighted by molar-refractivity contribution is -0.0726. The van der Waals surface area contributed by atoms with Gasteiger partial charge in [0, 0.05) is 12.3 Å². The number of rotatable bonds is 6. The summed E-state index contributed by atoms with van der Waals surface area (Å²) < 4.78 is 26.9. The zero-order valence-corrected chi connectivity index (χ0v) is 9.24. The van der Waals surface area contributed by atoms with Crippen molar-refractivity contribution >= 4 is 0 Å². The first-order valence-electron chi connectivity index (χ1n) is 5.31. The van der Waals surface area contributed by atoms with Crippen molar-refractivity contribution < 1.29 is 8.78 Å². The van der Waals surface area contributed by atoms with Gasteiger partial charge in [-0.15, -0.1) is 0 Å². The van der Waals surface area contributed by atoms with Crippen LogP contribution >= 0.6 is 0 Å². The highest BCUT2D eigenvalue weighted by Gasteiger charge is 2.36. The summed E-state index contributed by atoms with van der Waals surface area (Å²) in [6.07, 6.45) is 2.36. The van der Waals surface area contributed by atoms with E-state index in [1.807, 2.05) is 20.8 Å². The molecule has 0 saturated carbocycles. The molecule has 0 rings (SSSR count). The van der Waals surface area contributed by atoms with Gasteiger partial charge < -0.3 is 0 Å². The molecule has 13 heavy (non-hydrogen) atoms. The smallest absolute Gasteiger partial charge is 0.207 e. The lowest BCUT2D eigenvalue weighted by Crippen LogP contribution is -2.28. The number of hydrogen-bond donors (Lipinski definition) is 0. The van der Waals surface area contributed by atoms with Crippen LogP contribution < -0.4 is 0 Å². The van der Waals surface area contributed by atoms with Gasteiger partial charge in [-0.1, -0.05) is 40.5 Å². The Bertz CT molecular complexity index is 132. The normalized spacial score (nSPS) is 17.1. The van der Waals surface area contributed by atoms with Crippen molar-refractivity contribution in [3.63, 3.8) is 0 Å². The zero-order chi connectivity index (χ0) is 10.5. The van der Waals surface area contributed by atoms with Crippen molar-refractivity contribution in [2.24, 2.45) is 11.8 Å². The molecule has 0 spiro atoms. The Kier molecular flexibility index (Phi) is 5.50. The first kappa shape index (κ1) is 12.9. The molecule has 0 N–H and O–H groups in total. The minimum Gasteiger partial charge on any atom is -0.207 e. The highest BCUT2D eigenvalue weighted by molar-refractivity contribution is 4.75. The van der Waals surface area contributed by atoms with Crippen molar-refractivity contribution in [3.8, 4) is 0 Å². The predicted octanol–water partition coefficient (Wildman–Crippen LogP) is 4.49. The summed E-state index contributed by atoms with van der Waals surface area (Å²) in [5.41, 5.74) is 0. The summed E-state index contributed by atoms with van der Waals surface area (Å²) in [5, 5.41) is 0. The van der Waals surface area contributed by atoms with Crippen molar-refractivity contribution in [1.82, 2.24) is 0 Å². The molecule has 2 heteroatoms. The summed E-state index contributed by atoms with van der Waals surface area (Å²) >= 11 is 0. The van der Waals surface area contributed by atoms with E-state index >= 15 is 0 Å². The Labute approximate surface area is 80.7 Å². The third-order valence-electron chi connectivity index (χ3n) is 2.76. The minimum absolute atomic E-state index is 0.0463. The van der Waals surface area contributed by atoms with Crippen LogP contribution in [-0.4, -0.2) is 5.92 Å². The van der Waals surface area contributed by atoms with Crippen LogP contribution in [0, 0.1) is 11.8 Å². The molecule has 2 atom stereocenters. The highest BCUT2D eigenvalue weighted by atomic mass is 19.3. The summed E-state index contributed by atoms with van der Waals surface area (Å²) in [7, 11) is 0. The molecule has 0 aromatic carbocycles. The minimum atomic E-state index is -2.47. The Morgan fingerprint density at radius 1 is 1.15 bits per heavy atom. The molecule has 0 heterocycles.